The number of aromatic nitrogens is 1. The van der Waals surface area contributed by atoms with Crippen molar-refractivity contribution in [3.63, 3.8) is 0 Å². The zero-order chi connectivity index (χ0) is 12.7. The van der Waals surface area contributed by atoms with E-state index in [0.29, 0.717) is 11.4 Å². The number of hydrogen-bond acceptors (Lipinski definition) is 4. The van der Waals surface area contributed by atoms with Gasteiger partial charge in [0.15, 0.2) is 11.4 Å². The Morgan fingerprint density at radius 1 is 1.39 bits per heavy atom. The lowest BCUT2D eigenvalue weighted by molar-refractivity contribution is 0.460. The van der Waals surface area contributed by atoms with Crippen LogP contribution in [-0.2, 0) is 6.42 Å². The summed E-state index contributed by atoms with van der Waals surface area (Å²) in [5.74, 6) is 0.419. The summed E-state index contributed by atoms with van der Waals surface area (Å²) in [6, 6.07) is 7.94. The number of benzene rings is 1. The highest BCUT2D eigenvalue weighted by Gasteiger charge is 2.11. The number of halogens is 1. The van der Waals surface area contributed by atoms with E-state index in [1.165, 1.54) is 4.88 Å². The van der Waals surface area contributed by atoms with Crippen LogP contribution in [0.3, 0.4) is 0 Å². The van der Waals surface area contributed by atoms with Gasteiger partial charge in [-0.2, -0.15) is 0 Å². The molecule has 0 bridgehead atoms. The fourth-order valence-electron chi connectivity index (χ4n) is 1.91. The summed E-state index contributed by atoms with van der Waals surface area (Å²) in [6.07, 6.45) is 0.988. The van der Waals surface area contributed by atoms with Crippen LogP contribution in [0.1, 0.15) is 11.8 Å². The predicted octanol–water partition coefficient (Wildman–Crippen LogP) is 4.35. The molecule has 2 aromatic heterocycles. The Morgan fingerprint density at radius 2 is 2.22 bits per heavy atom. The van der Waals surface area contributed by atoms with Crippen LogP contribution in [0.2, 0.25) is 4.34 Å². The highest BCUT2D eigenvalue weighted by molar-refractivity contribution is 7.16. The van der Waals surface area contributed by atoms with Gasteiger partial charge in [0, 0.05) is 10.4 Å². The molecule has 0 aliphatic carbocycles. The van der Waals surface area contributed by atoms with Crippen LogP contribution in [-0.4, -0.2) is 5.16 Å². The van der Waals surface area contributed by atoms with E-state index in [1.807, 2.05) is 18.2 Å². The molecule has 5 heteroatoms. The van der Waals surface area contributed by atoms with Gasteiger partial charge in [-0.3, -0.25) is 0 Å². The van der Waals surface area contributed by atoms with Crippen molar-refractivity contribution in [2.45, 2.75) is 13.3 Å². The number of nitrogen functional groups attached to an aromatic ring is 1. The summed E-state index contributed by atoms with van der Waals surface area (Å²) in [5, 5.41) is 4.58. The van der Waals surface area contributed by atoms with Gasteiger partial charge in [-0.15, -0.1) is 11.3 Å². The van der Waals surface area contributed by atoms with Crippen molar-refractivity contribution in [1.82, 2.24) is 5.16 Å². The van der Waals surface area contributed by atoms with Crippen LogP contribution in [0.4, 0.5) is 5.82 Å². The molecule has 0 saturated carbocycles. The summed E-state index contributed by atoms with van der Waals surface area (Å²) in [4.78, 5) is 1.27. The Balaban J connectivity index is 2.15. The maximum Gasteiger partial charge on any atom is 0.174 e. The van der Waals surface area contributed by atoms with Gasteiger partial charge >= 0.3 is 0 Å². The average molecular weight is 279 g/mol. The minimum atomic E-state index is 0.419. The highest BCUT2D eigenvalue weighted by atomic mass is 35.5. The van der Waals surface area contributed by atoms with Crippen molar-refractivity contribution in [1.29, 1.82) is 0 Å². The molecule has 92 valence electrons. The second kappa shape index (κ2) is 4.30. The lowest BCUT2D eigenvalue weighted by Crippen LogP contribution is -1.83. The summed E-state index contributed by atoms with van der Waals surface area (Å²) in [6.45, 7) is 2.12. The molecule has 1 aromatic carbocycles. The van der Waals surface area contributed by atoms with E-state index in [1.54, 1.807) is 11.3 Å². The third kappa shape index (κ3) is 1.78. The molecule has 0 aliphatic rings. The topological polar surface area (TPSA) is 52.0 Å². The molecule has 0 radical (unpaired) electrons. The normalized spacial score (nSPS) is 11.2. The highest BCUT2D eigenvalue weighted by Crippen LogP contribution is 2.37. The van der Waals surface area contributed by atoms with Crippen molar-refractivity contribution in [3.05, 3.63) is 33.5 Å². The molecule has 0 saturated heterocycles. The Labute approximate surface area is 113 Å². The first kappa shape index (κ1) is 11.6. The molecule has 0 amide bonds. The van der Waals surface area contributed by atoms with Gasteiger partial charge < -0.3 is 10.3 Å². The van der Waals surface area contributed by atoms with E-state index in [9.17, 15) is 0 Å². The molecule has 3 nitrogen and oxygen atoms in total. The monoisotopic (exact) mass is 278 g/mol. The first-order valence-corrected chi connectivity index (χ1v) is 6.82. The van der Waals surface area contributed by atoms with Crippen LogP contribution >= 0.6 is 22.9 Å². The molecule has 2 N–H and O–H groups in total. The number of aryl methyl sites for hydroxylation is 1. The van der Waals surface area contributed by atoms with Gasteiger partial charge in [0.2, 0.25) is 0 Å². The lowest BCUT2D eigenvalue weighted by Gasteiger charge is -1.98. The van der Waals surface area contributed by atoms with E-state index < -0.39 is 0 Å². The van der Waals surface area contributed by atoms with Gasteiger partial charge in [0.25, 0.3) is 0 Å². The molecule has 0 aliphatic heterocycles. The summed E-state index contributed by atoms with van der Waals surface area (Å²) in [7, 11) is 0. The fourth-order valence-corrected chi connectivity index (χ4v) is 3.21. The van der Waals surface area contributed by atoms with Gasteiger partial charge in [-0.25, -0.2) is 0 Å². The van der Waals surface area contributed by atoms with E-state index in [2.05, 4.69) is 18.1 Å². The molecule has 0 unspecified atom stereocenters. The molecule has 3 aromatic rings. The van der Waals surface area contributed by atoms with Crippen molar-refractivity contribution in [3.8, 4) is 11.1 Å². The molecular weight excluding hydrogens is 268 g/mol. The number of hydrogen-bond donors (Lipinski definition) is 1. The molecule has 0 spiro atoms. The largest absolute Gasteiger partial charge is 0.380 e. The van der Waals surface area contributed by atoms with Crippen molar-refractivity contribution in [2.24, 2.45) is 0 Å². The molecular formula is C13H11ClN2OS. The van der Waals surface area contributed by atoms with Crippen LogP contribution in [0.15, 0.2) is 28.8 Å². The first-order valence-electron chi connectivity index (χ1n) is 5.62. The minimum Gasteiger partial charge on any atom is -0.380 e. The van der Waals surface area contributed by atoms with Crippen LogP contribution < -0.4 is 5.73 Å². The lowest BCUT2D eigenvalue weighted by atomic mass is 10.1. The smallest absolute Gasteiger partial charge is 0.174 e. The second-order valence-corrected chi connectivity index (χ2v) is 5.77. The van der Waals surface area contributed by atoms with E-state index >= 15 is 0 Å². The third-order valence-corrected chi connectivity index (χ3v) is 4.40. The maximum atomic E-state index is 6.26. The zero-order valence-corrected chi connectivity index (χ0v) is 11.3. The van der Waals surface area contributed by atoms with Gasteiger partial charge in [0.1, 0.15) is 4.34 Å². The van der Waals surface area contributed by atoms with E-state index in [0.717, 1.165) is 27.3 Å². The molecule has 2 heterocycles. The Bertz CT molecular complexity index is 717. The zero-order valence-electron chi connectivity index (χ0n) is 9.74. The molecule has 0 atom stereocenters. The number of nitrogens with two attached hydrogens (primary N) is 1. The number of anilines is 1. The molecule has 0 fully saturated rings. The van der Waals surface area contributed by atoms with Gasteiger partial charge in [-0.1, -0.05) is 29.7 Å². The van der Waals surface area contributed by atoms with Crippen LogP contribution in [0, 0.1) is 0 Å². The van der Waals surface area contributed by atoms with Gasteiger partial charge in [-0.05, 0) is 30.2 Å². The minimum absolute atomic E-state index is 0.419. The van der Waals surface area contributed by atoms with Crippen LogP contribution in [0.5, 0.6) is 0 Å². The Hall–Kier alpha value is -1.52. The number of nitrogens with zero attached hydrogens (tertiary/aromatic N) is 1. The van der Waals surface area contributed by atoms with Gasteiger partial charge in [0.05, 0.1) is 5.39 Å². The maximum absolute atomic E-state index is 6.26. The summed E-state index contributed by atoms with van der Waals surface area (Å²) >= 11 is 7.88. The molecule has 3 rings (SSSR count). The third-order valence-electron chi connectivity index (χ3n) is 2.90. The van der Waals surface area contributed by atoms with Crippen molar-refractivity contribution >= 4 is 39.7 Å². The van der Waals surface area contributed by atoms with Crippen molar-refractivity contribution in [2.75, 3.05) is 5.73 Å². The number of rotatable bonds is 2. The fraction of sp³-hybridized carbons (Fsp3) is 0.154. The Kier molecular flexibility index (Phi) is 2.76. The van der Waals surface area contributed by atoms with E-state index in [4.69, 9.17) is 21.9 Å². The standard InChI is InChI=1S/C13H11ClN2OS/c1-2-8-6-10(12(14)18-8)7-3-4-9-11(5-7)17-16-13(9)15/h3-6H,2H2,1H3,(H2,15,16). The van der Waals surface area contributed by atoms with Crippen molar-refractivity contribution < 1.29 is 4.52 Å². The summed E-state index contributed by atoms with van der Waals surface area (Å²) < 4.78 is 5.97. The average Bonchev–Trinajstić information content (AvgIpc) is 2.93. The molecule has 18 heavy (non-hydrogen) atoms. The van der Waals surface area contributed by atoms with Crippen LogP contribution in [0.25, 0.3) is 22.1 Å². The Morgan fingerprint density at radius 3 is 2.94 bits per heavy atom. The summed E-state index contributed by atoms with van der Waals surface area (Å²) in [5.41, 5.74) is 8.44. The number of thiophene rings is 1. The number of fused-ring (bicyclic) bond motifs is 1. The van der Waals surface area contributed by atoms with E-state index in [-0.39, 0.29) is 0 Å². The second-order valence-electron chi connectivity index (χ2n) is 4.03. The SMILES string of the molecule is CCc1cc(-c2ccc3c(N)noc3c2)c(Cl)s1. The first-order chi connectivity index (χ1) is 8.69. The predicted molar refractivity (Wildman–Crippen MR) is 76.1 cm³/mol. The quantitative estimate of drug-likeness (QED) is 0.758.